The molecule has 0 radical (unpaired) electrons. The lowest BCUT2D eigenvalue weighted by atomic mass is 10.4. The van der Waals surface area contributed by atoms with Gasteiger partial charge in [0.25, 0.3) is 10.2 Å². The molecule has 1 unspecified atom stereocenters. The molecular formula is C6H17N3O2S. The lowest BCUT2D eigenvalue weighted by molar-refractivity contribution is 0.559. The summed E-state index contributed by atoms with van der Waals surface area (Å²) < 4.78 is 26.7. The molecule has 4 N–H and O–H groups in total. The van der Waals surface area contributed by atoms with Crippen molar-refractivity contribution in [2.24, 2.45) is 5.73 Å². The zero-order valence-electron chi connectivity index (χ0n) is 7.50. The Hall–Kier alpha value is -0.170. The molecule has 0 aromatic carbocycles. The first-order valence-electron chi connectivity index (χ1n) is 3.97. The summed E-state index contributed by atoms with van der Waals surface area (Å²) in [7, 11) is -3.32. The largest absolute Gasteiger partial charge is 0.327 e. The summed E-state index contributed by atoms with van der Waals surface area (Å²) in [4.78, 5) is 0. The van der Waals surface area contributed by atoms with Crippen LogP contribution < -0.4 is 15.2 Å². The Bertz CT molecular complexity index is 201. The highest BCUT2D eigenvalue weighted by molar-refractivity contribution is 7.87. The summed E-state index contributed by atoms with van der Waals surface area (Å²) in [6.07, 6.45) is 0.777. The third-order valence-corrected chi connectivity index (χ3v) is 2.27. The predicted octanol–water partition coefficient (Wildman–Crippen LogP) is -0.832. The molecule has 0 amide bonds. The molecule has 0 aliphatic rings. The van der Waals surface area contributed by atoms with E-state index in [0.717, 1.165) is 6.42 Å². The van der Waals surface area contributed by atoms with Crippen LogP contribution in [0.4, 0.5) is 0 Å². The minimum absolute atomic E-state index is 0.164. The van der Waals surface area contributed by atoms with Crippen LogP contribution in [-0.4, -0.2) is 27.5 Å². The van der Waals surface area contributed by atoms with Crippen LogP contribution in [0.15, 0.2) is 0 Å². The molecule has 0 bridgehead atoms. The first-order valence-corrected chi connectivity index (χ1v) is 5.46. The first kappa shape index (κ1) is 11.8. The van der Waals surface area contributed by atoms with Crippen LogP contribution in [0.1, 0.15) is 20.3 Å². The van der Waals surface area contributed by atoms with Gasteiger partial charge in [0, 0.05) is 19.1 Å². The van der Waals surface area contributed by atoms with E-state index in [9.17, 15) is 8.42 Å². The van der Waals surface area contributed by atoms with Crippen LogP contribution in [0.25, 0.3) is 0 Å². The molecule has 0 saturated carbocycles. The molecule has 0 aromatic rings. The summed E-state index contributed by atoms with van der Waals surface area (Å²) in [6, 6.07) is -0.164. The Morgan fingerprint density at radius 3 is 2.42 bits per heavy atom. The fourth-order valence-electron chi connectivity index (χ4n) is 0.529. The minimum Gasteiger partial charge on any atom is -0.327 e. The van der Waals surface area contributed by atoms with Crippen molar-refractivity contribution in [2.75, 3.05) is 13.1 Å². The second-order valence-corrected chi connectivity index (χ2v) is 4.31. The second kappa shape index (κ2) is 5.47. The van der Waals surface area contributed by atoms with Crippen molar-refractivity contribution in [3.05, 3.63) is 0 Å². The number of hydrogen-bond acceptors (Lipinski definition) is 3. The van der Waals surface area contributed by atoms with Crippen molar-refractivity contribution in [3.63, 3.8) is 0 Å². The van der Waals surface area contributed by atoms with E-state index in [1.165, 1.54) is 0 Å². The van der Waals surface area contributed by atoms with E-state index in [1.54, 1.807) is 6.92 Å². The van der Waals surface area contributed by atoms with Crippen molar-refractivity contribution < 1.29 is 8.42 Å². The summed E-state index contributed by atoms with van der Waals surface area (Å²) in [5.41, 5.74) is 5.37. The molecule has 5 nitrogen and oxygen atoms in total. The summed E-state index contributed by atoms with van der Waals surface area (Å²) >= 11 is 0. The van der Waals surface area contributed by atoms with Gasteiger partial charge in [-0.25, -0.2) is 9.44 Å². The highest BCUT2D eigenvalue weighted by atomic mass is 32.2. The van der Waals surface area contributed by atoms with Gasteiger partial charge >= 0.3 is 0 Å². The molecule has 0 aliphatic carbocycles. The molecular weight excluding hydrogens is 178 g/mol. The topological polar surface area (TPSA) is 84.2 Å². The van der Waals surface area contributed by atoms with Gasteiger partial charge in [-0.2, -0.15) is 8.42 Å². The Morgan fingerprint density at radius 1 is 1.42 bits per heavy atom. The van der Waals surface area contributed by atoms with E-state index in [-0.39, 0.29) is 12.6 Å². The van der Waals surface area contributed by atoms with Gasteiger partial charge in [-0.3, -0.25) is 0 Å². The molecule has 0 spiro atoms. The van der Waals surface area contributed by atoms with Gasteiger partial charge < -0.3 is 5.73 Å². The normalized spacial score (nSPS) is 14.6. The van der Waals surface area contributed by atoms with E-state index < -0.39 is 10.2 Å². The third kappa shape index (κ3) is 6.53. The Balaban J connectivity index is 3.73. The van der Waals surface area contributed by atoms with Crippen LogP contribution in [0.2, 0.25) is 0 Å². The first-order chi connectivity index (χ1) is 5.48. The fraction of sp³-hybridized carbons (Fsp3) is 1.00. The molecule has 0 aliphatic heterocycles. The number of nitrogens with one attached hydrogen (secondary N) is 2. The molecule has 0 rings (SSSR count). The lowest BCUT2D eigenvalue weighted by Gasteiger charge is -2.08. The monoisotopic (exact) mass is 195 g/mol. The zero-order chi connectivity index (χ0) is 9.61. The van der Waals surface area contributed by atoms with Crippen LogP contribution in [0.3, 0.4) is 0 Å². The van der Waals surface area contributed by atoms with Crippen LogP contribution in [0.5, 0.6) is 0 Å². The fourth-order valence-corrected chi connectivity index (χ4v) is 1.59. The summed E-state index contributed by atoms with van der Waals surface area (Å²) in [5.74, 6) is 0. The molecule has 0 aromatic heterocycles. The van der Waals surface area contributed by atoms with E-state index in [0.29, 0.717) is 6.54 Å². The van der Waals surface area contributed by atoms with E-state index in [2.05, 4.69) is 9.44 Å². The highest BCUT2D eigenvalue weighted by Gasteiger charge is 2.07. The third-order valence-electron chi connectivity index (χ3n) is 1.14. The van der Waals surface area contributed by atoms with Gasteiger partial charge in [-0.05, 0) is 13.3 Å². The summed E-state index contributed by atoms with van der Waals surface area (Å²) in [6.45, 7) is 4.35. The van der Waals surface area contributed by atoms with E-state index >= 15 is 0 Å². The molecule has 12 heavy (non-hydrogen) atoms. The molecule has 1 atom stereocenters. The van der Waals surface area contributed by atoms with Gasteiger partial charge in [-0.1, -0.05) is 6.92 Å². The van der Waals surface area contributed by atoms with Crippen molar-refractivity contribution >= 4 is 10.2 Å². The smallest absolute Gasteiger partial charge is 0.276 e. The molecule has 0 heterocycles. The van der Waals surface area contributed by atoms with Crippen LogP contribution in [-0.2, 0) is 10.2 Å². The van der Waals surface area contributed by atoms with Crippen molar-refractivity contribution in [1.82, 2.24) is 9.44 Å². The number of hydrogen-bond donors (Lipinski definition) is 3. The van der Waals surface area contributed by atoms with E-state index in [1.807, 2.05) is 6.92 Å². The van der Waals surface area contributed by atoms with Gasteiger partial charge in [0.05, 0.1) is 0 Å². The maximum atomic E-state index is 11.0. The maximum Gasteiger partial charge on any atom is 0.276 e. The highest BCUT2D eigenvalue weighted by Crippen LogP contribution is 1.79. The van der Waals surface area contributed by atoms with Crippen molar-refractivity contribution in [2.45, 2.75) is 26.3 Å². The zero-order valence-corrected chi connectivity index (χ0v) is 8.32. The molecule has 0 saturated heterocycles. The van der Waals surface area contributed by atoms with Crippen LogP contribution >= 0.6 is 0 Å². The Labute approximate surface area is 73.9 Å². The molecule has 74 valence electrons. The van der Waals surface area contributed by atoms with Crippen molar-refractivity contribution in [1.29, 1.82) is 0 Å². The van der Waals surface area contributed by atoms with Gasteiger partial charge in [0.2, 0.25) is 0 Å². The minimum atomic E-state index is -3.32. The van der Waals surface area contributed by atoms with Gasteiger partial charge in [-0.15, -0.1) is 0 Å². The predicted molar refractivity (Wildman–Crippen MR) is 48.9 cm³/mol. The summed E-state index contributed by atoms with van der Waals surface area (Å²) in [5, 5.41) is 0. The van der Waals surface area contributed by atoms with Crippen molar-refractivity contribution in [3.8, 4) is 0 Å². The Kier molecular flexibility index (Phi) is 5.39. The standard InChI is InChI=1S/C6H17N3O2S/c1-3-4-8-12(10,11)9-5-6(2)7/h6,8-9H,3-5,7H2,1-2H3. The van der Waals surface area contributed by atoms with Gasteiger partial charge in [0.1, 0.15) is 0 Å². The average Bonchev–Trinajstić information content (AvgIpc) is 1.98. The average molecular weight is 195 g/mol. The quantitative estimate of drug-likeness (QED) is 0.517. The SMILES string of the molecule is CCCNS(=O)(=O)NCC(C)N. The maximum absolute atomic E-state index is 11.0. The van der Waals surface area contributed by atoms with Crippen LogP contribution in [0, 0.1) is 0 Å². The van der Waals surface area contributed by atoms with Gasteiger partial charge in [0.15, 0.2) is 0 Å². The lowest BCUT2D eigenvalue weighted by Crippen LogP contribution is -2.42. The van der Waals surface area contributed by atoms with E-state index in [4.69, 9.17) is 5.73 Å². The Morgan fingerprint density at radius 2 is 2.00 bits per heavy atom. The second-order valence-electron chi connectivity index (χ2n) is 2.72. The number of rotatable bonds is 6. The number of nitrogens with two attached hydrogens (primary N) is 1. The molecule has 6 heteroatoms. The molecule has 0 fully saturated rings.